The topological polar surface area (TPSA) is 97.3 Å². The molecule has 2 atom stereocenters. The van der Waals surface area contributed by atoms with Gasteiger partial charge in [-0.3, -0.25) is 9.05 Å². The number of hydrogen-bond donors (Lipinski definition) is 2. The zero-order valence-electron chi connectivity index (χ0n) is 27.7. The SMILES string of the molecule is CCCCCCCCCCCCCCCCCCCCOCC(CNC(=O)N(C)C)OP(=O)(O)OCC[N+](C)(C)C. The highest BCUT2D eigenvalue weighted by molar-refractivity contribution is 7.47. The first-order chi connectivity index (χ1) is 19.5. The van der Waals surface area contributed by atoms with Crippen molar-refractivity contribution in [1.82, 2.24) is 10.2 Å². The van der Waals surface area contributed by atoms with E-state index in [9.17, 15) is 14.3 Å². The summed E-state index contributed by atoms with van der Waals surface area (Å²) in [6.07, 6.45) is 23.2. The molecule has 0 saturated heterocycles. The number of amides is 2. The van der Waals surface area contributed by atoms with Gasteiger partial charge in [0.2, 0.25) is 0 Å². The van der Waals surface area contributed by atoms with Gasteiger partial charge in [-0.1, -0.05) is 116 Å². The van der Waals surface area contributed by atoms with Crippen molar-refractivity contribution in [2.24, 2.45) is 0 Å². The van der Waals surface area contributed by atoms with E-state index in [4.69, 9.17) is 13.8 Å². The minimum atomic E-state index is -4.27. The van der Waals surface area contributed by atoms with Crippen LogP contribution in [0.4, 0.5) is 4.79 Å². The number of likely N-dealkylation sites (N-methyl/N-ethyl adjacent to an activating group) is 1. The number of hydrogen-bond acceptors (Lipinski definition) is 5. The summed E-state index contributed by atoms with van der Waals surface area (Å²) >= 11 is 0. The van der Waals surface area contributed by atoms with E-state index in [1.165, 1.54) is 108 Å². The molecule has 246 valence electrons. The Balaban J connectivity index is 3.88. The number of quaternary nitrogens is 1. The molecule has 0 bridgehead atoms. The van der Waals surface area contributed by atoms with Crippen LogP contribution in [0.15, 0.2) is 0 Å². The van der Waals surface area contributed by atoms with Gasteiger partial charge in [0.25, 0.3) is 0 Å². The molecule has 41 heavy (non-hydrogen) atoms. The Morgan fingerprint density at radius 3 is 1.63 bits per heavy atom. The van der Waals surface area contributed by atoms with Crippen molar-refractivity contribution in [2.45, 2.75) is 129 Å². The van der Waals surface area contributed by atoms with E-state index >= 15 is 0 Å². The summed E-state index contributed by atoms with van der Waals surface area (Å²) in [5, 5.41) is 2.69. The molecule has 0 spiro atoms. The molecule has 2 unspecified atom stereocenters. The summed E-state index contributed by atoms with van der Waals surface area (Å²) < 4.78 is 29.2. The lowest BCUT2D eigenvalue weighted by Gasteiger charge is -2.25. The van der Waals surface area contributed by atoms with Crippen molar-refractivity contribution in [1.29, 1.82) is 0 Å². The molecule has 0 saturated carbocycles. The van der Waals surface area contributed by atoms with Crippen LogP contribution in [-0.4, -0.2) is 94.6 Å². The monoisotopic (exact) mass is 608 g/mol. The molecule has 2 N–H and O–H groups in total. The molecule has 10 heteroatoms. The molecule has 0 rings (SSSR count). The maximum atomic E-state index is 12.4. The molecular formula is C31H67N3O6P+. The summed E-state index contributed by atoms with van der Waals surface area (Å²) in [6.45, 7) is 3.65. The minimum absolute atomic E-state index is 0.0549. The Kier molecular flexibility index (Phi) is 25.3. The summed E-state index contributed by atoms with van der Waals surface area (Å²) in [7, 11) is 4.91. The smallest absolute Gasteiger partial charge is 0.379 e. The van der Waals surface area contributed by atoms with E-state index in [1.54, 1.807) is 14.1 Å². The van der Waals surface area contributed by atoms with Crippen molar-refractivity contribution in [3.8, 4) is 0 Å². The molecule has 0 radical (unpaired) electrons. The fourth-order valence-electron chi connectivity index (χ4n) is 4.46. The number of ether oxygens (including phenoxy) is 1. The highest BCUT2D eigenvalue weighted by atomic mass is 31.2. The van der Waals surface area contributed by atoms with Gasteiger partial charge in [-0.2, -0.15) is 0 Å². The third kappa shape index (κ3) is 29.2. The number of carbonyl (C=O) groups excluding carboxylic acids is 1. The van der Waals surface area contributed by atoms with Crippen molar-refractivity contribution >= 4 is 13.9 Å². The molecule has 0 heterocycles. The molecule has 0 fully saturated rings. The second-order valence-corrected chi connectivity index (χ2v) is 14.1. The number of carbonyl (C=O) groups is 1. The second kappa shape index (κ2) is 25.8. The van der Waals surface area contributed by atoms with Crippen LogP contribution in [0.25, 0.3) is 0 Å². The van der Waals surface area contributed by atoms with E-state index in [1.807, 2.05) is 21.1 Å². The minimum Gasteiger partial charge on any atom is -0.379 e. The molecule has 0 aliphatic rings. The van der Waals surface area contributed by atoms with Gasteiger partial charge in [-0.25, -0.2) is 9.36 Å². The largest absolute Gasteiger partial charge is 0.472 e. The molecular weight excluding hydrogens is 541 g/mol. The van der Waals surface area contributed by atoms with Crippen LogP contribution in [0.1, 0.15) is 122 Å². The Bertz CT molecular complexity index is 660. The van der Waals surface area contributed by atoms with E-state index in [0.717, 1.165) is 12.8 Å². The number of unbranched alkanes of at least 4 members (excludes halogenated alkanes) is 17. The van der Waals surface area contributed by atoms with Crippen LogP contribution in [-0.2, 0) is 18.3 Å². The first-order valence-electron chi connectivity index (χ1n) is 16.5. The average Bonchev–Trinajstić information content (AvgIpc) is 2.89. The Labute approximate surface area is 253 Å². The summed E-state index contributed by atoms with van der Waals surface area (Å²) in [5.41, 5.74) is 0. The van der Waals surface area contributed by atoms with Crippen LogP contribution in [0.2, 0.25) is 0 Å². The predicted octanol–water partition coefficient (Wildman–Crippen LogP) is 7.52. The van der Waals surface area contributed by atoms with E-state index in [2.05, 4.69) is 12.2 Å². The van der Waals surface area contributed by atoms with Crippen molar-refractivity contribution in [2.75, 3.05) is 68.1 Å². The number of phosphoric ester groups is 1. The molecule has 0 aromatic rings. The Hall–Kier alpha value is -0.700. The zero-order valence-corrected chi connectivity index (χ0v) is 28.6. The lowest BCUT2D eigenvalue weighted by atomic mass is 10.0. The average molecular weight is 609 g/mol. The fraction of sp³-hybridized carbons (Fsp3) is 0.968. The number of rotatable bonds is 29. The molecule has 0 aromatic heterocycles. The van der Waals surface area contributed by atoms with E-state index < -0.39 is 13.9 Å². The molecule has 0 aromatic carbocycles. The number of urea groups is 1. The standard InChI is InChI=1S/C31H66N3O6P/c1-7-8-9-10-11-12-13-14-15-16-17-18-19-20-21-22-23-24-26-38-29-30(28-32-31(35)33(2)3)40-41(36,37)39-27-25-34(4,5)6/h30H,7-29H2,1-6H3,(H-,32,35,36,37)/p+1. The van der Waals surface area contributed by atoms with Gasteiger partial charge < -0.3 is 24.3 Å². The third-order valence-electron chi connectivity index (χ3n) is 7.13. The quantitative estimate of drug-likeness (QED) is 0.0518. The highest BCUT2D eigenvalue weighted by Gasteiger charge is 2.28. The van der Waals surface area contributed by atoms with Gasteiger partial charge in [0, 0.05) is 27.2 Å². The van der Waals surface area contributed by atoms with Gasteiger partial charge >= 0.3 is 13.9 Å². The zero-order chi connectivity index (χ0) is 30.8. The Morgan fingerprint density at radius 2 is 1.22 bits per heavy atom. The van der Waals surface area contributed by atoms with Gasteiger partial charge in [0.05, 0.1) is 27.7 Å². The van der Waals surface area contributed by atoms with E-state index in [0.29, 0.717) is 17.6 Å². The van der Waals surface area contributed by atoms with Gasteiger partial charge in [0.15, 0.2) is 0 Å². The summed E-state index contributed by atoms with van der Waals surface area (Å²) in [4.78, 5) is 23.4. The van der Waals surface area contributed by atoms with Crippen molar-refractivity contribution < 1.29 is 32.5 Å². The second-order valence-electron chi connectivity index (χ2n) is 12.7. The van der Waals surface area contributed by atoms with Gasteiger partial charge in [-0.15, -0.1) is 0 Å². The maximum absolute atomic E-state index is 12.4. The first kappa shape index (κ1) is 40.3. The number of nitrogens with one attached hydrogen (secondary N) is 1. The van der Waals surface area contributed by atoms with Crippen LogP contribution in [0, 0.1) is 0 Å². The highest BCUT2D eigenvalue weighted by Crippen LogP contribution is 2.44. The maximum Gasteiger partial charge on any atom is 0.472 e. The first-order valence-corrected chi connectivity index (χ1v) is 18.0. The van der Waals surface area contributed by atoms with Crippen LogP contribution in [0.5, 0.6) is 0 Å². The summed E-state index contributed by atoms with van der Waals surface area (Å²) in [5.74, 6) is 0. The number of phosphoric acid groups is 1. The molecule has 0 aliphatic heterocycles. The van der Waals surface area contributed by atoms with Gasteiger partial charge in [-0.05, 0) is 6.42 Å². The van der Waals surface area contributed by atoms with Crippen LogP contribution in [0.3, 0.4) is 0 Å². The van der Waals surface area contributed by atoms with Crippen LogP contribution >= 0.6 is 7.82 Å². The van der Waals surface area contributed by atoms with Gasteiger partial charge in [0.1, 0.15) is 19.3 Å². The normalized spacial score (nSPS) is 14.1. The third-order valence-corrected chi connectivity index (χ3v) is 8.21. The van der Waals surface area contributed by atoms with E-state index in [-0.39, 0.29) is 25.8 Å². The lowest BCUT2D eigenvalue weighted by Crippen LogP contribution is -2.41. The predicted molar refractivity (Wildman–Crippen MR) is 170 cm³/mol. The molecule has 9 nitrogen and oxygen atoms in total. The van der Waals surface area contributed by atoms with Crippen molar-refractivity contribution in [3.05, 3.63) is 0 Å². The number of nitrogens with zero attached hydrogens (tertiary/aromatic N) is 2. The molecule has 2 amide bonds. The Morgan fingerprint density at radius 1 is 0.780 bits per heavy atom. The van der Waals surface area contributed by atoms with Crippen molar-refractivity contribution in [3.63, 3.8) is 0 Å². The molecule has 0 aliphatic carbocycles. The van der Waals surface area contributed by atoms with Crippen LogP contribution < -0.4 is 5.32 Å². The lowest BCUT2D eigenvalue weighted by molar-refractivity contribution is -0.870. The fourth-order valence-corrected chi connectivity index (χ4v) is 5.34. The summed E-state index contributed by atoms with van der Waals surface area (Å²) in [6, 6.07) is -0.305.